The van der Waals surface area contributed by atoms with Crippen molar-refractivity contribution in [3.8, 4) is 21.9 Å². The number of hydrazone groups is 1. The third-order valence-corrected chi connectivity index (χ3v) is 6.81. The van der Waals surface area contributed by atoms with Gasteiger partial charge in [-0.1, -0.05) is 60.7 Å². The van der Waals surface area contributed by atoms with E-state index in [-0.39, 0.29) is 12.1 Å². The molecule has 9 heteroatoms. The highest BCUT2D eigenvalue weighted by molar-refractivity contribution is 7.21. The largest absolute Gasteiger partial charge is 0.493 e. The average molecular weight is 525 g/mol. The van der Waals surface area contributed by atoms with Gasteiger partial charge < -0.3 is 9.47 Å². The number of nitrogens with zero attached hydrogens (tertiary/aromatic N) is 3. The molecule has 2 heterocycles. The van der Waals surface area contributed by atoms with Crippen molar-refractivity contribution in [1.82, 2.24) is 15.0 Å². The number of thiophene rings is 1. The first-order valence-electron chi connectivity index (χ1n) is 11.8. The Bertz CT molecular complexity index is 1650. The highest BCUT2D eigenvalue weighted by Gasteiger charge is 2.12. The van der Waals surface area contributed by atoms with E-state index in [1.54, 1.807) is 19.2 Å². The maximum absolute atomic E-state index is 12.9. The van der Waals surface area contributed by atoms with Gasteiger partial charge in [0, 0.05) is 4.88 Å². The molecule has 0 bridgehead atoms. The Morgan fingerprint density at radius 2 is 1.79 bits per heavy atom. The Hall–Kier alpha value is -4.76. The topological polar surface area (TPSA) is 94.8 Å². The number of nitrogens with one attached hydrogen (secondary N) is 1. The number of fused-ring (bicyclic) bond motifs is 1. The normalized spacial score (nSPS) is 11.1. The zero-order chi connectivity index (χ0) is 26.3. The predicted molar refractivity (Wildman–Crippen MR) is 149 cm³/mol. The van der Waals surface area contributed by atoms with Crippen LogP contribution in [0.5, 0.6) is 11.5 Å². The predicted octanol–water partition coefficient (Wildman–Crippen LogP) is 4.86. The number of amides is 1. The Kier molecular flexibility index (Phi) is 7.56. The summed E-state index contributed by atoms with van der Waals surface area (Å²) in [6, 6.07) is 26.8. The van der Waals surface area contributed by atoms with Crippen molar-refractivity contribution in [2.75, 3.05) is 7.11 Å². The highest BCUT2D eigenvalue weighted by Crippen LogP contribution is 2.30. The second-order valence-corrected chi connectivity index (χ2v) is 9.38. The quantitative estimate of drug-likeness (QED) is 0.219. The molecular formula is C29H24N4O4S. The SMILES string of the molecule is COc1cc(/C=N\NC(=O)Cn2cnc3sc(-c4ccccc4)cc3c2=O)ccc1OCc1ccccc1. The molecule has 5 aromatic rings. The van der Waals surface area contributed by atoms with Crippen LogP contribution < -0.4 is 20.5 Å². The van der Waals surface area contributed by atoms with E-state index < -0.39 is 5.91 Å². The maximum Gasteiger partial charge on any atom is 0.262 e. The monoisotopic (exact) mass is 524 g/mol. The molecule has 0 saturated heterocycles. The summed E-state index contributed by atoms with van der Waals surface area (Å²) in [7, 11) is 1.56. The fourth-order valence-corrected chi connectivity index (χ4v) is 4.80. The summed E-state index contributed by atoms with van der Waals surface area (Å²) in [5, 5.41) is 4.50. The number of methoxy groups -OCH3 is 1. The molecule has 0 atom stereocenters. The van der Waals surface area contributed by atoms with Gasteiger partial charge in [0.25, 0.3) is 11.5 Å². The second-order valence-electron chi connectivity index (χ2n) is 8.35. The van der Waals surface area contributed by atoms with Crippen LogP contribution in [-0.2, 0) is 17.9 Å². The lowest BCUT2D eigenvalue weighted by atomic mass is 10.2. The van der Waals surface area contributed by atoms with Gasteiger partial charge in [0.15, 0.2) is 11.5 Å². The molecule has 0 fully saturated rings. The molecule has 0 radical (unpaired) electrons. The van der Waals surface area contributed by atoms with Crippen LogP contribution in [0.25, 0.3) is 20.7 Å². The maximum atomic E-state index is 12.9. The number of carbonyl (C=O) groups excluding carboxylic acids is 1. The van der Waals surface area contributed by atoms with E-state index in [0.717, 1.165) is 16.0 Å². The van der Waals surface area contributed by atoms with Gasteiger partial charge in [0.2, 0.25) is 0 Å². The van der Waals surface area contributed by atoms with Crippen LogP contribution in [0.3, 0.4) is 0 Å². The lowest BCUT2D eigenvalue weighted by Crippen LogP contribution is -2.29. The van der Waals surface area contributed by atoms with Crippen LogP contribution in [0.15, 0.2) is 101 Å². The van der Waals surface area contributed by atoms with E-state index in [0.29, 0.717) is 33.9 Å². The van der Waals surface area contributed by atoms with Gasteiger partial charge in [0.05, 0.1) is 25.0 Å². The molecule has 190 valence electrons. The Balaban J connectivity index is 1.22. The zero-order valence-electron chi connectivity index (χ0n) is 20.5. The summed E-state index contributed by atoms with van der Waals surface area (Å²) in [4.78, 5) is 31.3. The Morgan fingerprint density at radius 1 is 1.03 bits per heavy atom. The van der Waals surface area contributed by atoms with Gasteiger partial charge in [-0.25, -0.2) is 10.4 Å². The minimum atomic E-state index is -0.446. The van der Waals surface area contributed by atoms with Crippen molar-refractivity contribution in [1.29, 1.82) is 0 Å². The van der Waals surface area contributed by atoms with Crippen LogP contribution in [0.2, 0.25) is 0 Å². The molecule has 0 unspecified atom stereocenters. The van der Waals surface area contributed by atoms with Crippen molar-refractivity contribution in [3.05, 3.63) is 113 Å². The number of ether oxygens (including phenoxy) is 2. The number of hydrogen-bond acceptors (Lipinski definition) is 7. The third kappa shape index (κ3) is 5.79. The van der Waals surface area contributed by atoms with Crippen LogP contribution in [0.1, 0.15) is 11.1 Å². The molecule has 8 nitrogen and oxygen atoms in total. The summed E-state index contributed by atoms with van der Waals surface area (Å²) in [5.41, 5.74) is 4.96. The van der Waals surface area contributed by atoms with Gasteiger partial charge in [-0.15, -0.1) is 11.3 Å². The number of hydrogen-bond donors (Lipinski definition) is 1. The number of rotatable bonds is 9. The van der Waals surface area contributed by atoms with Gasteiger partial charge in [-0.2, -0.15) is 5.10 Å². The van der Waals surface area contributed by atoms with Crippen molar-refractivity contribution < 1.29 is 14.3 Å². The van der Waals surface area contributed by atoms with E-state index in [1.807, 2.05) is 72.8 Å². The molecule has 5 rings (SSSR count). The molecule has 3 aromatic carbocycles. The second kappa shape index (κ2) is 11.5. The summed E-state index contributed by atoms with van der Waals surface area (Å²) < 4.78 is 12.6. The summed E-state index contributed by atoms with van der Waals surface area (Å²) in [6.45, 7) is 0.213. The van der Waals surface area contributed by atoms with Crippen molar-refractivity contribution in [3.63, 3.8) is 0 Å². The summed E-state index contributed by atoms with van der Waals surface area (Å²) >= 11 is 1.44. The van der Waals surface area contributed by atoms with E-state index in [1.165, 1.54) is 28.4 Å². The van der Waals surface area contributed by atoms with Crippen molar-refractivity contribution >= 4 is 33.7 Å². The minimum Gasteiger partial charge on any atom is -0.493 e. The molecule has 0 spiro atoms. The third-order valence-electron chi connectivity index (χ3n) is 5.72. The lowest BCUT2D eigenvalue weighted by molar-refractivity contribution is -0.121. The zero-order valence-corrected chi connectivity index (χ0v) is 21.4. The Morgan fingerprint density at radius 3 is 2.55 bits per heavy atom. The molecule has 0 saturated carbocycles. The summed E-state index contributed by atoms with van der Waals surface area (Å²) in [5.74, 6) is 0.703. The fraction of sp³-hybridized carbons (Fsp3) is 0.103. The van der Waals surface area contributed by atoms with Crippen LogP contribution in [0.4, 0.5) is 0 Å². The van der Waals surface area contributed by atoms with Gasteiger partial charge in [0.1, 0.15) is 18.0 Å². The Labute approximate surface area is 222 Å². The smallest absolute Gasteiger partial charge is 0.262 e. The van der Waals surface area contributed by atoms with Crippen molar-refractivity contribution in [2.45, 2.75) is 13.2 Å². The molecule has 0 aliphatic carbocycles. The standard InChI is InChI=1S/C29H24N4O4S/c1-36-25-14-21(12-13-24(25)37-18-20-8-4-2-5-9-20)16-31-32-27(34)17-33-19-30-28-23(29(33)35)15-26(38-28)22-10-6-3-7-11-22/h2-16,19H,17-18H2,1H3,(H,32,34)/b31-16-. The fourth-order valence-electron chi connectivity index (χ4n) is 3.81. The van der Waals surface area contributed by atoms with Gasteiger partial charge in [-0.05, 0) is 41.0 Å². The first kappa shape index (κ1) is 24.9. The first-order chi connectivity index (χ1) is 18.6. The van der Waals surface area contributed by atoms with E-state index in [9.17, 15) is 9.59 Å². The molecule has 0 aliphatic rings. The number of benzene rings is 3. The molecular weight excluding hydrogens is 500 g/mol. The molecule has 2 aromatic heterocycles. The molecule has 1 N–H and O–H groups in total. The van der Waals surface area contributed by atoms with E-state index >= 15 is 0 Å². The van der Waals surface area contributed by atoms with Crippen LogP contribution in [0, 0.1) is 0 Å². The van der Waals surface area contributed by atoms with Crippen molar-refractivity contribution in [2.24, 2.45) is 5.10 Å². The minimum absolute atomic E-state index is 0.203. The van der Waals surface area contributed by atoms with E-state index in [2.05, 4.69) is 15.5 Å². The average Bonchev–Trinajstić information content (AvgIpc) is 3.40. The summed E-state index contributed by atoms with van der Waals surface area (Å²) in [6.07, 6.45) is 2.88. The van der Waals surface area contributed by atoms with E-state index in [4.69, 9.17) is 9.47 Å². The van der Waals surface area contributed by atoms with Gasteiger partial charge in [-0.3, -0.25) is 14.2 Å². The number of carbonyl (C=O) groups is 1. The molecule has 0 aliphatic heterocycles. The first-order valence-corrected chi connectivity index (χ1v) is 12.6. The van der Waals surface area contributed by atoms with Crippen LogP contribution >= 0.6 is 11.3 Å². The number of aromatic nitrogens is 2. The molecule has 38 heavy (non-hydrogen) atoms. The van der Waals surface area contributed by atoms with Crippen LogP contribution in [-0.4, -0.2) is 28.8 Å². The molecule has 1 amide bonds. The highest BCUT2D eigenvalue weighted by atomic mass is 32.1. The van der Waals surface area contributed by atoms with Gasteiger partial charge >= 0.3 is 0 Å². The lowest BCUT2D eigenvalue weighted by Gasteiger charge is -2.11.